The molecule has 7 heteroatoms. The molecule has 0 aliphatic carbocycles. The maximum absolute atomic E-state index is 12.9. The van der Waals surface area contributed by atoms with Crippen molar-refractivity contribution in [3.05, 3.63) is 48.5 Å². The molecule has 1 N–H and O–H groups in total. The second-order valence-electron chi connectivity index (χ2n) is 6.85. The van der Waals surface area contributed by atoms with Gasteiger partial charge < -0.3 is 10.0 Å². The number of rotatable bonds is 5. The van der Waals surface area contributed by atoms with E-state index in [1.54, 1.807) is 22.3 Å². The van der Waals surface area contributed by atoms with Gasteiger partial charge in [-0.2, -0.15) is 0 Å². The highest BCUT2D eigenvalue weighted by Crippen LogP contribution is 2.29. The summed E-state index contributed by atoms with van der Waals surface area (Å²) in [4.78, 5) is 23.7. The number of nitrogens with zero attached hydrogens (tertiary/aromatic N) is 4. The number of fused-ring (bicyclic) bond motifs is 1. The van der Waals surface area contributed by atoms with Gasteiger partial charge in [0.2, 0.25) is 5.91 Å². The number of benzene rings is 2. The van der Waals surface area contributed by atoms with Crippen LogP contribution in [0.4, 0.5) is 10.8 Å². The molecular weight excluding hydrogens is 372 g/mol. The number of carbonyl (C=O) groups excluding carboxylic acids is 1. The van der Waals surface area contributed by atoms with E-state index in [2.05, 4.69) is 14.8 Å². The maximum atomic E-state index is 12.9. The molecule has 0 bridgehead atoms. The van der Waals surface area contributed by atoms with Crippen LogP contribution in [0.15, 0.2) is 48.5 Å². The summed E-state index contributed by atoms with van der Waals surface area (Å²) in [5.74, 6) is 0.387. The van der Waals surface area contributed by atoms with Crippen molar-refractivity contribution in [1.29, 1.82) is 0 Å². The number of para-hydroxylation sites is 3. The maximum Gasteiger partial charge on any atom is 0.242 e. The third-order valence-corrected chi connectivity index (χ3v) is 6.14. The molecular formula is C21H24N4O2S. The van der Waals surface area contributed by atoms with Crippen molar-refractivity contribution in [2.75, 3.05) is 49.1 Å². The summed E-state index contributed by atoms with van der Waals surface area (Å²) in [7, 11) is 0. The number of anilines is 2. The Bertz CT molecular complexity index is 933. The summed E-state index contributed by atoms with van der Waals surface area (Å²) in [5, 5.41) is 10.8. The molecule has 28 heavy (non-hydrogen) atoms. The summed E-state index contributed by atoms with van der Waals surface area (Å²) in [5.41, 5.74) is 1.79. The minimum absolute atomic E-state index is 0.0811. The number of phenolic OH excluding ortho intramolecular Hbond substituents is 1. The predicted octanol–water partition coefficient (Wildman–Crippen LogP) is 3.18. The lowest BCUT2D eigenvalue weighted by Gasteiger charge is -2.36. The van der Waals surface area contributed by atoms with E-state index in [1.165, 1.54) is 0 Å². The van der Waals surface area contributed by atoms with Crippen LogP contribution in [-0.4, -0.2) is 60.2 Å². The Morgan fingerprint density at radius 2 is 1.82 bits per heavy atom. The third kappa shape index (κ3) is 3.81. The Morgan fingerprint density at radius 1 is 1.11 bits per heavy atom. The van der Waals surface area contributed by atoms with E-state index >= 15 is 0 Å². The zero-order chi connectivity index (χ0) is 19.5. The number of thiazole rings is 1. The molecule has 146 valence electrons. The van der Waals surface area contributed by atoms with Gasteiger partial charge in [-0.05, 0) is 31.2 Å². The summed E-state index contributed by atoms with van der Waals surface area (Å²) in [6.45, 7) is 6.14. The number of hydrogen-bond acceptors (Lipinski definition) is 6. The fraction of sp³-hybridized carbons (Fsp3) is 0.333. The van der Waals surface area contributed by atoms with Gasteiger partial charge in [0.15, 0.2) is 5.13 Å². The van der Waals surface area contributed by atoms with Gasteiger partial charge in [-0.25, -0.2) is 4.98 Å². The van der Waals surface area contributed by atoms with Gasteiger partial charge in [-0.15, -0.1) is 0 Å². The molecule has 1 aromatic heterocycles. The molecule has 0 atom stereocenters. The largest absolute Gasteiger partial charge is 0.506 e. The Hall–Kier alpha value is -2.64. The quantitative estimate of drug-likeness (QED) is 0.718. The van der Waals surface area contributed by atoms with Crippen LogP contribution in [0, 0.1) is 0 Å². The number of hydrogen-bond donors (Lipinski definition) is 1. The number of aromatic hydroxyl groups is 1. The van der Waals surface area contributed by atoms with Gasteiger partial charge in [0.1, 0.15) is 5.75 Å². The van der Waals surface area contributed by atoms with Crippen LogP contribution >= 0.6 is 11.3 Å². The van der Waals surface area contributed by atoms with Gasteiger partial charge in [-0.3, -0.25) is 14.6 Å². The molecule has 4 rings (SSSR count). The average molecular weight is 397 g/mol. The van der Waals surface area contributed by atoms with Crippen LogP contribution in [0.2, 0.25) is 0 Å². The number of aromatic nitrogens is 1. The number of likely N-dealkylation sites (N-methyl/N-ethyl adjacent to an activating group) is 1. The molecule has 1 amide bonds. The Labute approximate surface area is 168 Å². The smallest absolute Gasteiger partial charge is 0.242 e. The first-order chi connectivity index (χ1) is 13.7. The SMILES string of the molecule is CCN(C(=O)CN1CCN(c2ccccc2O)CC1)c1nc2ccccc2s1. The standard InChI is InChI=1S/C21H24N4O2S/c1-2-25(21-22-16-7-3-6-10-19(16)28-21)20(27)15-23-11-13-24(14-12-23)17-8-4-5-9-18(17)26/h3-10,26H,2,11-15H2,1H3. The Morgan fingerprint density at radius 3 is 2.54 bits per heavy atom. The Balaban J connectivity index is 1.38. The molecule has 1 aliphatic rings. The first-order valence-corrected chi connectivity index (χ1v) is 10.4. The van der Waals surface area contributed by atoms with Crippen molar-refractivity contribution >= 4 is 38.3 Å². The first kappa shape index (κ1) is 18.7. The van der Waals surface area contributed by atoms with Gasteiger partial charge in [0.05, 0.1) is 22.4 Å². The van der Waals surface area contributed by atoms with Crippen LogP contribution in [-0.2, 0) is 4.79 Å². The lowest BCUT2D eigenvalue weighted by Crippen LogP contribution is -2.50. The molecule has 0 spiro atoms. The van der Waals surface area contributed by atoms with Gasteiger partial charge in [-0.1, -0.05) is 35.6 Å². The van der Waals surface area contributed by atoms with Crippen molar-refractivity contribution < 1.29 is 9.90 Å². The topological polar surface area (TPSA) is 59.9 Å². The lowest BCUT2D eigenvalue weighted by molar-refractivity contribution is -0.119. The molecule has 1 saturated heterocycles. The Kier molecular flexibility index (Phi) is 5.45. The fourth-order valence-electron chi connectivity index (χ4n) is 3.55. The highest BCUT2D eigenvalue weighted by Gasteiger charge is 2.24. The minimum Gasteiger partial charge on any atom is -0.506 e. The molecule has 6 nitrogen and oxygen atoms in total. The van der Waals surface area contributed by atoms with Gasteiger partial charge >= 0.3 is 0 Å². The molecule has 0 unspecified atom stereocenters. The van der Waals surface area contributed by atoms with E-state index in [9.17, 15) is 9.90 Å². The molecule has 1 aliphatic heterocycles. The zero-order valence-corrected chi connectivity index (χ0v) is 16.7. The highest BCUT2D eigenvalue weighted by atomic mass is 32.1. The second kappa shape index (κ2) is 8.16. The second-order valence-corrected chi connectivity index (χ2v) is 7.86. The van der Waals surface area contributed by atoms with Crippen molar-refractivity contribution in [2.24, 2.45) is 0 Å². The summed E-state index contributed by atoms with van der Waals surface area (Å²) in [6, 6.07) is 15.4. The number of piperazine rings is 1. The number of amides is 1. The molecule has 0 radical (unpaired) electrons. The predicted molar refractivity (Wildman–Crippen MR) is 114 cm³/mol. The van der Waals surface area contributed by atoms with Crippen LogP contribution in [0.1, 0.15) is 6.92 Å². The van der Waals surface area contributed by atoms with E-state index in [-0.39, 0.29) is 5.91 Å². The normalized spacial score (nSPS) is 15.1. The van der Waals surface area contributed by atoms with Gasteiger partial charge in [0.25, 0.3) is 0 Å². The molecule has 0 saturated carbocycles. The third-order valence-electron chi connectivity index (χ3n) is 5.08. The summed E-state index contributed by atoms with van der Waals surface area (Å²) < 4.78 is 1.10. The molecule has 1 fully saturated rings. The first-order valence-electron chi connectivity index (χ1n) is 9.57. The van der Waals surface area contributed by atoms with E-state index in [4.69, 9.17) is 0 Å². The lowest BCUT2D eigenvalue weighted by atomic mass is 10.2. The minimum atomic E-state index is 0.0811. The highest BCUT2D eigenvalue weighted by molar-refractivity contribution is 7.22. The monoisotopic (exact) mass is 396 g/mol. The van der Waals surface area contributed by atoms with Crippen LogP contribution in [0.3, 0.4) is 0 Å². The fourth-order valence-corrected chi connectivity index (χ4v) is 4.60. The van der Waals surface area contributed by atoms with Crippen LogP contribution in [0.25, 0.3) is 10.2 Å². The van der Waals surface area contributed by atoms with E-state index in [1.807, 2.05) is 49.4 Å². The summed E-state index contributed by atoms with van der Waals surface area (Å²) >= 11 is 1.56. The number of phenols is 1. The molecule has 2 aromatic carbocycles. The van der Waals surface area contributed by atoms with Crippen molar-refractivity contribution in [3.63, 3.8) is 0 Å². The van der Waals surface area contributed by atoms with E-state index in [0.29, 0.717) is 18.8 Å². The summed E-state index contributed by atoms with van der Waals surface area (Å²) in [6.07, 6.45) is 0. The van der Waals surface area contributed by atoms with Gasteiger partial charge in [0, 0.05) is 32.7 Å². The van der Waals surface area contributed by atoms with Crippen molar-refractivity contribution in [2.45, 2.75) is 6.92 Å². The van der Waals surface area contributed by atoms with E-state index < -0.39 is 0 Å². The number of carbonyl (C=O) groups is 1. The zero-order valence-electron chi connectivity index (χ0n) is 15.9. The van der Waals surface area contributed by atoms with Crippen LogP contribution in [0.5, 0.6) is 5.75 Å². The van der Waals surface area contributed by atoms with Crippen LogP contribution < -0.4 is 9.80 Å². The van der Waals surface area contributed by atoms with Crippen molar-refractivity contribution in [3.8, 4) is 5.75 Å². The van der Waals surface area contributed by atoms with E-state index in [0.717, 1.165) is 47.2 Å². The average Bonchev–Trinajstić information content (AvgIpc) is 3.13. The van der Waals surface area contributed by atoms with Crippen molar-refractivity contribution in [1.82, 2.24) is 9.88 Å². The molecule has 2 heterocycles. The molecule has 3 aromatic rings.